The van der Waals surface area contributed by atoms with E-state index < -0.39 is 0 Å². The van der Waals surface area contributed by atoms with Gasteiger partial charge in [-0.15, -0.1) is 0 Å². The van der Waals surface area contributed by atoms with Gasteiger partial charge in [-0.2, -0.15) is 0 Å². The van der Waals surface area contributed by atoms with Gasteiger partial charge in [0.15, 0.2) is 0 Å². The maximum absolute atomic E-state index is 5.81. The molecule has 0 aliphatic carbocycles. The molecule has 1 nitrogen and oxygen atoms in total. The van der Waals surface area contributed by atoms with Crippen LogP contribution in [0.25, 0.3) is 0 Å². The van der Waals surface area contributed by atoms with E-state index in [9.17, 15) is 0 Å². The first-order valence-corrected chi connectivity index (χ1v) is 7.67. The predicted octanol–water partition coefficient (Wildman–Crippen LogP) is 5.57. The van der Waals surface area contributed by atoms with E-state index in [1.807, 2.05) is 42.5 Å². The van der Waals surface area contributed by atoms with Crippen molar-refractivity contribution in [3.63, 3.8) is 0 Å². The first-order valence-electron chi connectivity index (χ1n) is 7.67. The highest BCUT2D eigenvalue weighted by Crippen LogP contribution is 2.21. The fraction of sp³-hybridized carbons (Fsp3) is 0.143. The lowest BCUT2D eigenvalue weighted by Crippen LogP contribution is -1.92. The van der Waals surface area contributed by atoms with Crippen molar-refractivity contribution in [3.05, 3.63) is 95.6 Å². The molecule has 0 unspecified atom stereocenters. The van der Waals surface area contributed by atoms with Gasteiger partial charge in [0.25, 0.3) is 0 Å². The van der Waals surface area contributed by atoms with Crippen LogP contribution < -0.4 is 4.74 Å². The smallest absolute Gasteiger partial charge is 0.127 e. The second-order valence-electron chi connectivity index (χ2n) is 5.54. The number of hydrogen-bond donors (Lipinski definition) is 0. The maximum atomic E-state index is 5.81. The third-order valence-corrected chi connectivity index (χ3v) is 3.73. The van der Waals surface area contributed by atoms with Crippen molar-refractivity contribution in [2.45, 2.75) is 19.8 Å². The molecule has 110 valence electrons. The SMILES string of the molecule is Cc1ccc(CCc2ccc(Oc3ccccc3)cc2)cc1. The topological polar surface area (TPSA) is 9.23 Å². The normalized spacial score (nSPS) is 10.4. The molecule has 0 spiro atoms. The molecule has 22 heavy (non-hydrogen) atoms. The summed E-state index contributed by atoms with van der Waals surface area (Å²) in [4.78, 5) is 0. The van der Waals surface area contributed by atoms with Crippen LogP contribution in [0.4, 0.5) is 0 Å². The molecule has 3 aromatic carbocycles. The first kappa shape index (κ1) is 14.4. The fourth-order valence-electron chi connectivity index (χ4n) is 2.39. The Balaban J connectivity index is 1.58. The first-order chi connectivity index (χ1) is 10.8. The minimum atomic E-state index is 0.870. The zero-order valence-corrected chi connectivity index (χ0v) is 12.8. The quantitative estimate of drug-likeness (QED) is 0.596. The molecule has 0 bridgehead atoms. The standard InChI is InChI=1S/C21H20O/c1-17-7-9-18(10-8-17)11-12-19-13-15-21(16-14-19)22-20-5-3-2-4-6-20/h2-10,13-16H,11-12H2,1H3. The van der Waals surface area contributed by atoms with Crippen LogP contribution in [0.5, 0.6) is 11.5 Å². The minimum Gasteiger partial charge on any atom is -0.457 e. The van der Waals surface area contributed by atoms with Gasteiger partial charge in [0.2, 0.25) is 0 Å². The lowest BCUT2D eigenvalue weighted by molar-refractivity contribution is 0.482. The van der Waals surface area contributed by atoms with E-state index in [1.165, 1.54) is 16.7 Å². The Kier molecular flexibility index (Phi) is 4.55. The molecule has 0 saturated heterocycles. The maximum Gasteiger partial charge on any atom is 0.127 e. The number of rotatable bonds is 5. The summed E-state index contributed by atoms with van der Waals surface area (Å²) in [5.41, 5.74) is 4.03. The predicted molar refractivity (Wildman–Crippen MR) is 91.5 cm³/mol. The molecular weight excluding hydrogens is 268 g/mol. The van der Waals surface area contributed by atoms with E-state index in [-0.39, 0.29) is 0 Å². The highest BCUT2D eigenvalue weighted by molar-refractivity contribution is 5.33. The van der Waals surface area contributed by atoms with E-state index in [0.717, 1.165) is 24.3 Å². The molecular formula is C21H20O. The van der Waals surface area contributed by atoms with Gasteiger partial charge in [-0.05, 0) is 55.2 Å². The molecule has 0 fully saturated rings. The number of benzene rings is 3. The fourth-order valence-corrected chi connectivity index (χ4v) is 2.39. The number of hydrogen-bond acceptors (Lipinski definition) is 1. The molecule has 0 N–H and O–H groups in total. The Morgan fingerprint density at radius 3 is 1.68 bits per heavy atom. The molecule has 0 atom stereocenters. The van der Waals surface area contributed by atoms with E-state index in [2.05, 4.69) is 43.3 Å². The molecule has 0 amide bonds. The van der Waals surface area contributed by atoms with Gasteiger partial charge in [0.05, 0.1) is 0 Å². The molecule has 1 heteroatoms. The second-order valence-corrected chi connectivity index (χ2v) is 5.54. The lowest BCUT2D eigenvalue weighted by Gasteiger charge is -2.07. The van der Waals surface area contributed by atoms with Crippen molar-refractivity contribution in [3.8, 4) is 11.5 Å². The summed E-state index contributed by atoms with van der Waals surface area (Å²) in [5.74, 6) is 1.75. The van der Waals surface area contributed by atoms with Crippen LogP contribution in [0, 0.1) is 6.92 Å². The highest BCUT2D eigenvalue weighted by Gasteiger charge is 1.99. The monoisotopic (exact) mass is 288 g/mol. The van der Waals surface area contributed by atoms with Crippen molar-refractivity contribution in [1.29, 1.82) is 0 Å². The van der Waals surface area contributed by atoms with Crippen molar-refractivity contribution in [2.24, 2.45) is 0 Å². The highest BCUT2D eigenvalue weighted by atomic mass is 16.5. The molecule has 3 aromatic rings. The van der Waals surface area contributed by atoms with E-state index in [1.54, 1.807) is 0 Å². The summed E-state index contributed by atoms with van der Waals surface area (Å²) >= 11 is 0. The van der Waals surface area contributed by atoms with Gasteiger partial charge in [-0.25, -0.2) is 0 Å². The molecule has 0 aliphatic heterocycles. The third kappa shape index (κ3) is 3.98. The van der Waals surface area contributed by atoms with Crippen molar-refractivity contribution >= 4 is 0 Å². The molecule has 0 aromatic heterocycles. The lowest BCUT2D eigenvalue weighted by atomic mass is 10.0. The average molecular weight is 288 g/mol. The number of para-hydroxylation sites is 1. The number of ether oxygens (including phenoxy) is 1. The van der Waals surface area contributed by atoms with Crippen molar-refractivity contribution < 1.29 is 4.74 Å². The Labute approximate surface area is 132 Å². The number of aryl methyl sites for hydroxylation is 3. The summed E-state index contributed by atoms with van der Waals surface area (Å²) in [5, 5.41) is 0. The van der Waals surface area contributed by atoms with Crippen LogP contribution in [0.15, 0.2) is 78.9 Å². The van der Waals surface area contributed by atoms with Gasteiger partial charge in [-0.1, -0.05) is 60.2 Å². The van der Waals surface area contributed by atoms with Crippen LogP contribution in [-0.4, -0.2) is 0 Å². The summed E-state index contributed by atoms with van der Waals surface area (Å²) in [7, 11) is 0. The Bertz CT molecular complexity index is 697. The Hall–Kier alpha value is -2.54. The Morgan fingerprint density at radius 1 is 0.591 bits per heavy atom. The van der Waals surface area contributed by atoms with Crippen LogP contribution in [0.2, 0.25) is 0 Å². The van der Waals surface area contributed by atoms with Gasteiger partial charge in [-0.3, -0.25) is 0 Å². The van der Waals surface area contributed by atoms with E-state index in [0.29, 0.717) is 0 Å². The molecule has 0 radical (unpaired) electrons. The largest absolute Gasteiger partial charge is 0.457 e. The second kappa shape index (κ2) is 6.95. The summed E-state index contributed by atoms with van der Waals surface area (Å²) in [6, 6.07) is 27.0. The summed E-state index contributed by atoms with van der Waals surface area (Å²) in [6.45, 7) is 2.12. The minimum absolute atomic E-state index is 0.870. The van der Waals surface area contributed by atoms with Gasteiger partial charge in [0.1, 0.15) is 11.5 Å². The molecule has 0 aliphatic rings. The van der Waals surface area contributed by atoms with Gasteiger partial charge in [0, 0.05) is 0 Å². The zero-order chi connectivity index (χ0) is 15.2. The third-order valence-electron chi connectivity index (χ3n) is 3.73. The van der Waals surface area contributed by atoms with Crippen LogP contribution in [-0.2, 0) is 12.8 Å². The van der Waals surface area contributed by atoms with E-state index in [4.69, 9.17) is 4.74 Å². The van der Waals surface area contributed by atoms with Gasteiger partial charge >= 0.3 is 0 Å². The van der Waals surface area contributed by atoms with Gasteiger partial charge < -0.3 is 4.74 Å². The van der Waals surface area contributed by atoms with Crippen LogP contribution in [0.3, 0.4) is 0 Å². The summed E-state index contributed by atoms with van der Waals surface area (Å²) < 4.78 is 5.81. The molecule has 3 rings (SSSR count). The Morgan fingerprint density at radius 2 is 1.09 bits per heavy atom. The van der Waals surface area contributed by atoms with Crippen LogP contribution in [0.1, 0.15) is 16.7 Å². The average Bonchev–Trinajstić information content (AvgIpc) is 2.57. The van der Waals surface area contributed by atoms with Crippen molar-refractivity contribution in [1.82, 2.24) is 0 Å². The summed E-state index contributed by atoms with van der Waals surface area (Å²) in [6.07, 6.45) is 2.12. The molecule has 0 saturated carbocycles. The zero-order valence-electron chi connectivity index (χ0n) is 12.8. The van der Waals surface area contributed by atoms with Crippen molar-refractivity contribution in [2.75, 3.05) is 0 Å². The van der Waals surface area contributed by atoms with E-state index >= 15 is 0 Å². The van der Waals surface area contributed by atoms with Crippen LogP contribution >= 0.6 is 0 Å². The molecule has 0 heterocycles.